The topological polar surface area (TPSA) is 68.8 Å². The fourth-order valence-corrected chi connectivity index (χ4v) is 2.63. The summed E-state index contributed by atoms with van der Waals surface area (Å²) in [5.74, 6) is 2.17. The quantitative estimate of drug-likeness (QED) is 0.656. The highest BCUT2D eigenvalue weighted by Gasteiger charge is 2.12. The Hall–Kier alpha value is -2.89. The van der Waals surface area contributed by atoms with Crippen molar-refractivity contribution in [2.45, 2.75) is 26.3 Å². The maximum Gasteiger partial charge on any atom is 0.315 e. The Balaban J connectivity index is 1.73. The molecule has 0 aliphatic rings. The van der Waals surface area contributed by atoms with Crippen molar-refractivity contribution in [1.29, 1.82) is 0 Å². The van der Waals surface area contributed by atoms with Crippen LogP contribution in [0.2, 0.25) is 0 Å². The third-order valence-corrected chi connectivity index (χ3v) is 4.21. The summed E-state index contributed by atoms with van der Waals surface area (Å²) in [5, 5.41) is 5.76. The highest BCUT2D eigenvalue weighted by atomic mass is 16.5. The molecule has 1 unspecified atom stereocenters. The minimum Gasteiger partial charge on any atom is -0.493 e. The van der Waals surface area contributed by atoms with Gasteiger partial charge < -0.3 is 24.8 Å². The minimum absolute atomic E-state index is 0.159. The van der Waals surface area contributed by atoms with E-state index in [0.29, 0.717) is 24.7 Å². The summed E-state index contributed by atoms with van der Waals surface area (Å²) in [6.07, 6.45) is 0.729. The molecule has 146 valence electrons. The Morgan fingerprint density at radius 3 is 2.48 bits per heavy atom. The summed E-state index contributed by atoms with van der Waals surface area (Å²) in [6, 6.07) is 13.1. The molecule has 27 heavy (non-hydrogen) atoms. The smallest absolute Gasteiger partial charge is 0.315 e. The molecule has 1 atom stereocenters. The highest BCUT2D eigenvalue weighted by Crippen LogP contribution is 2.29. The van der Waals surface area contributed by atoms with Crippen LogP contribution in [-0.4, -0.2) is 33.4 Å². The number of carbonyl (C=O) groups excluding carboxylic acids is 1. The predicted molar refractivity (Wildman–Crippen MR) is 106 cm³/mol. The van der Waals surface area contributed by atoms with E-state index in [9.17, 15) is 4.79 Å². The van der Waals surface area contributed by atoms with Crippen LogP contribution >= 0.6 is 0 Å². The number of nitrogens with one attached hydrogen (secondary N) is 2. The zero-order valence-corrected chi connectivity index (χ0v) is 16.4. The number of amides is 2. The number of ether oxygens (including phenoxy) is 3. The van der Waals surface area contributed by atoms with Gasteiger partial charge in [0.25, 0.3) is 0 Å². The molecule has 2 amide bonds. The molecule has 2 aromatic rings. The lowest BCUT2D eigenvalue weighted by atomic mass is 10.1. The summed E-state index contributed by atoms with van der Waals surface area (Å²) in [4.78, 5) is 12.1. The number of hydrogen-bond donors (Lipinski definition) is 2. The van der Waals surface area contributed by atoms with Crippen LogP contribution < -0.4 is 24.8 Å². The maximum atomic E-state index is 12.1. The molecule has 0 heterocycles. The first kappa shape index (κ1) is 20.4. The van der Waals surface area contributed by atoms with Gasteiger partial charge in [0.2, 0.25) is 0 Å². The van der Waals surface area contributed by atoms with E-state index in [1.807, 2.05) is 56.3 Å². The molecule has 0 aliphatic carbocycles. The summed E-state index contributed by atoms with van der Waals surface area (Å²) in [6.45, 7) is 5.02. The van der Waals surface area contributed by atoms with Crippen molar-refractivity contribution in [2.75, 3.05) is 27.4 Å². The highest BCUT2D eigenvalue weighted by molar-refractivity contribution is 5.74. The molecule has 0 aromatic heterocycles. The number of para-hydroxylation sites is 1. The summed E-state index contributed by atoms with van der Waals surface area (Å²) in [7, 11) is 3.18. The van der Waals surface area contributed by atoms with Gasteiger partial charge in [-0.1, -0.05) is 24.3 Å². The molecule has 0 fully saturated rings. The van der Waals surface area contributed by atoms with Crippen molar-refractivity contribution in [3.63, 3.8) is 0 Å². The van der Waals surface area contributed by atoms with Crippen LogP contribution in [0.25, 0.3) is 0 Å². The molecule has 2 N–H and O–H groups in total. The molecule has 0 bridgehead atoms. The van der Waals surface area contributed by atoms with Crippen molar-refractivity contribution in [1.82, 2.24) is 10.6 Å². The van der Waals surface area contributed by atoms with Crippen LogP contribution in [-0.2, 0) is 0 Å². The van der Waals surface area contributed by atoms with E-state index in [2.05, 4.69) is 10.6 Å². The van der Waals surface area contributed by atoms with Gasteiger partial charge in [-0.15, -0.1) is 0 Å². The first-order valence-electron chi connectivity index (χ1n) is 9.00. The molecular weight excluding hydrogens is 344 g/mol. The first-order valence-corrected chi connectivity index (χ1v) is 9.00. The van der Waals surface area contributed by atoms with E-state index in [1.54, 1.807) is 14.2 Å². The molecule has 2 rings (SSSR count). The largest absolute Gasteiger partial charge is 0.493 e. The fourth-order valence-electron chi connectivity index (χ4n) is 2.63. The number of methoxy groups -OCH3 is 2. The number of aryl methyl sites for hydroxylation is 1. The molecule has 0 radical (unpaired) electrons. The van der Waals surface area contributed by atoms with Gasteiger partial charge >= 0.3 is 6.03 Å². The third-order valence-electron chi connectivity index (χ3n) is 4.21. The second-order valence-electron chi connectivity index (χ2n) is 6.20. The van der Waals surface area contributed by atoms with Crippen molar-refractivity contribution in [2.24, 2.45) is 0 Å². The standard InChI is InChI=1S/C21H28N2O4/c1-15-8-5-6-9-18(15)27-13-7-12-22-21(24)23-16(2)17-10-11-19(25-3)20(14-17)26-4/h5-6,8-11,14,16H,7,12-13H2,1-4H3,(H2,22,23,24). The molecule has 0 saturated heterocycles. The Kier molecular flexibility index (Phi) is 7.79. The monoisotopic (exact) mass is 372 g/mol. The van der Waals surface area contributed by atoms with Gasteiger partial charge in [0, 0.05) is 6.54 Å². The Morgan fingerprint density at radius 2 is 1.78 bits per heavy atom. The molecule has 6 nitrogen and oxygen atoms in total. The number of carbonyl (C=O) groups is 1. The zero-order chi connectivity index (χ0) is 19.6. The fraction of sp³-hybridized carbons (Fsp3) is 0.381. The molecule has 6 heteroatoms. The van der Waals surface area contributed by atoms with Gasteiger partial charge in [0.1, 0.15) is 5.75 Å². The number of benzene rings is 2. The third kappa shape index (κ3) is 6.09. The van der Waals surface area contributed by atoms with Crippen LogP contribution in [0, 0.1) is 6.92 Å². The lowest BCUT2D eigenvalue weighted by Crippen LogP contribution is -2.37. The van der Waals surface area contributed by atoms with Gasteiger partial charge in [-0.2, -0.15) is 0 Å². The second-order valence-corrected chi connectivity index (χ2v) is 6.20. The molecule has 2 aromatic carbocycles. The first-order chi connectivity index (χ1) is 13.0. The van der Waals surface area contributed by atoms with Crippen LogP contribution in [0.1, 0.15) is 30.5 Å². The Morgan fingerprint density at radius 1 is 1.04 bits per heavy atom. The SMILES string of the molecule is COc1ccc(C(C)NC(=O)NCCCOc2ccccc2C)cc1OC. The summed E-state index contributed by atoms with van der Waals surface area (Å²) >= 11 is 0. The maximum absolute atomic E-state index is 12.1. The van der Waals surface area contributed by atoms with Gasteiger partial charge in [-0.25, -0.2) is 4.79 Å². The number of hydrogen-bond acceptors (Lipinski definition) is 4. The van der Waals surface area contributed by atoms with Crippen LogP contribution in [0.5, 0.6) is 17.2 Å². The second kappa shape index (κ2) is 10.3. The van der Waals surface area contributed by atoms with Gasteiger partial charge in [0.15, 0.2) is 11.5 Å². The molecule has 0 spiro atoms. The van der Waals surface area contributed by atoms with Crippen LogP contribution in [0.4, 0.5) is 4.79 Å². The van der Waals surface area contributed by atoms with Gasteiger partial charge in [0.05, 0.1) is 26.9 Å². The molecular formula is C21H28N2O4. The van der Waals surface area contributed by atoms with Crippen LogP contribution in [0.15, 0.2) is 42.5 Å². The minimum atomic E-state index is -0.215. The van der Waals surface area contributed by atoms with E-state index in [-0.39, 0.29) is 12.1 Å². The normalized spacial score (nSPS) is 11.4. The van der Waals surface area contributed by atoms with Crippen LogP contribution in [0.3, 0.4) is 0 Å². The molecule has 0 aliphatic heterocycles. The van der Waals surface area contributed by atoms with Crippen molar-refractivity contribution in [3.05, 3.63) is 53.6 Å². The predicted octanol–water partition coefficient (Wildman–Crippen LogP) is 3.84. The van der Waals surface area contributed by atoms with E-state index >= 15 is 0 Å². The zero-order valence-electron chi connectivity index (χ0n) is 16.4. The molecule has 0 saturated carbocycles. The summed E-state index contributed by atoms with van der Waals surface area (Å²) in [5.41, 5.74) is 2.04. The Bertz CT molecular complexity index is 749. The van der Waals surface area contributed by atoms with E-state index < -0.39 is 0 Å². The average Bonchev–Trinajstić information content (AvgIpc) is 2.68. The number of rotatable bonds is 9. The Labute approximate surface area is 160 Å². The van der Waals surface area contributed by atoms with Crippen molar-refractivity contribution >= 4 is 6.03 Å². The van der Waals surface area contributed by atoms with Gasteiger partial charge in [-0.3, -0.25) is 0 Å². The van der Waals surface area contributed by atoms with Gasteiger partial charge in [-0.05, 0) is 49.6 Å². The van der Waals surface area contributed by atoms with E-state index in [0.717, 1.165) is 23.3 Å². The van der Waals surface area contributed by atoms with E-state index in [1.165, 1.54) is 0 Å². The van der Waals surface area contributed by atoms with E-state index in [4.69, 9.17) is 14.2 Å². The van der Waals surface area contributed by atoms with Crippen molar-refractivity contribution in [3.8, 4) is 17.2 Å². The average molecular weight is 372 g/mol. The van der Waals surface area contributed by atoms with Crippen molar-refractivity contribution < 1.29 is 19.0 Å². The summed E-state index contributed by atoms with van der Waals surface area (Å²) < 4.78 is 16.3. The lowest BCUT2D eigenvalue weighted by Gasteiger charge is -2.17. The lowest BCUT2D eigenvalue weighted by molar-refractivity contribution is 0.236. The number of urea groups is 1.